The molecule has 0 amide bonds. The molecular formula is C30H24N6O. The van der Waals surface area contributed by atoms with Crippen molar-refractivity contribution < 1.29 is 4.74 Å². The van der Waals surface area contributed by atoms with Crippen molar-refractivity contribution in [2.75, 3.05) is 12.5 Å². The second-order valence-electron chi connectivity index (χ2n) is 8.01. The van der Waals surface area contributed by atoms with Crippen LogP contribution in [0.1, 0.15) is 5.56 Å². The number of nitrogens with zero attached hydrogens (tertiary/aromatic N) is 5. The number of anilines is 1. The summed E-state index contributed by atoms with van der Waals surface area (Å²) >= 11 is 0. The van der Waals surface area contributed by atoms with Gasteiger partial charge in [0.05, 0.1) is 24.2 Å². The van der Waals surface area contributed by atoms with Gasteiger partial charge in [-0.1, -0.05) is 91.0 Å². The molecule has 1 aromatic heterocycles. The van der Waals surface area contributed by atoms with E-state index in [4.69, 9.17) is 4.74 Å². The molecule has 4 aromatic carbocycles. The van der Waals surface area contributed by atoms with Gasteiger partial charge in [0.1, 0.15) is 5.75 Å². The zero-order valence-corrected chi connectivity index (χ0v) is 20.2. The molecule has 5 aromatic rings. The van der Waals surface area contributed by atoms with Crippen LogP contribution in [0.4, 0.5) is 11.6 Å². The van der Waals surface area contributed by atoms with Gasteiger partial charge in [-0.25, -0.2) is 9.97 Å². The van der Waals surface area contributed by atoms with Gasteiger partial charge >= 0.3 is 0 Å². The molecule has 5 rings (SSSR count). The third-order valence-corrected chi connectivity index (χ3v) is 5.50. The lowest BCUT2D eigenvalue weighted by Crippen LogP contribution is -2.01. The molecule has 0 atom stereocenters. The van der Waals surface area contributed by atoms with Gasteiger partial charge in [0.15, 0.2) is 0 Å². The number of methoxy groups -OCH3 is 1. The van der Waals surface area contributed by atoms with E-state index >= 15 is 0 Å². The van der Waals surface area contributed by atoms with Crippen LogP contribution in [-0.2, 0) is 0 Å². The first-order valence-electron chi connectivity index (χ1n) is 11.7. The molecule has 0 aliphatic heterocycles. The van der Waals surface area contributed by atoms with Gasteiger partial charge in [-0.2, -0.15) is 5.10 Å². The molecule has 0 aliphatic carbocycles. The Kier molecular flexibility index (Phi) is 7.33. The zero-order chi connectivity index (χ0) is 25.3. The molecular weight excluding hydrogens is 460 g/mol. The quantitative estimate of drug-likeness (QED) is 0.113. The summed E-state index contributed by atoms with van der Waals surface area (Å²) in [7, 11) is 1.63. The van der Waals surface area contributed by atoms with Crippen molar-refractivity contribution in [3.63, 3.8) is 0 Å². The first kappa shape index (κ1) is 23.6. The average Bonchev–Trinajstić information content (AvgIpc) is 2.98. The summed E-state index contributed by atoms with van der Waals surface area (Å²) in [5.41, 5.74) is 8.10. The number of rotatable bonds is 7. The molecule has 1 heterocycles. The van der Waals surface area contributed by atoms with Gasteiger partial charge in [-0.15, -0.1) is 10.2 Å². The largest absolute Gasteiger partial charge is 0.497 e. The number of ether oxygens (including phenoxy) is 1. The number of benzene rings is 4. The minimum Gasteiger partial charge on any atom is -0.497 e. The van der Waals surface area contributed by atoms with Crippen LogP contribution in [0.25, 0.3) is 22.5 Å². The maximum Gasteiger partial charge on any atom is 0.270 e. The highest BCUT2D eigenvalue weighted by Gasteiger charge is 2.09. The molecule has 0 saturated carbocycles. The molecule has 0 fully saturated rings. The highest BCUT2D eigenvalue weighted by molar-refractivity contribution is 5.99. The Labute approximate surface area is 215 Å². The van der Waals surface area contributed by atoms with E-state index in [1.165, 1.54) is 0 Å². The number of amidine groups is 1. The second-order valence-corrected chi connectivity index (χ2v) is 8.01. The van der Waals surface area contributed by atoms with Crippen LogP contribution in [0.5, 0.6) is 5.75 Å². The van der Waals surface area contributed by atoms with Gasteiger partial charge in [0, 0.05) is 16.7 Å². The van der Waals surface area contributed by atoms with E-state index in [2.05, 4.69) is 30.7 Å². The van der Waals surface area contributed by atoms with E-state index in [0.717, 1.165) is 39.5 Å². The smallest absolute Gasteiger partial charge is 0.270 e. The fraction of sp³-hybridized carbons (Fsp3) is 0.0333. The molecule has 0 radical (unpaired) electrons. The number of hydrogen-bond acceptors (Lipinski definition) is 6. The van der Waals surface area contributed by atoms with Crippen molar-refractivity contribution in [3.05, 3.63) is 127 Å². The lowest BCUT2D eigenvalue weighted by molar-refractivity contribution is 0.415. The van der Waals surface area contributed by atoms with Crippen LogP contribution in [0.15, 0.2) is 137 Å². The minimum atomic E-state index is 0.244. The molecule has 37 heavy (non-hydrogen) atoms. The average molecular weight is 485 g/mol. The monoisotopic (exact) mass is 484 g/mol. The third-order valence-electron chi connectivity index (χ3n) is 5.50. The summed E-state index contributed by atoms with van der Waals surface area (Å²) in [5, 5.41) is 13.4. The predicted molar refractivity (Wildman–Crippen MR) is 147 cm³/mol. The van der Waals surface area contributed by atoms with E-state index in [-0.39, 0.29) is 5.95 Å². The SMILES string of the molecule is COc1ccc(N/N=C(\N=Nc2nc(-c3ccccc3)cc(-c3ccccc3)n2)c2ccccc2)cc1. The van der Waals surface area contributed by atoms with Crippen LogP contribution in [0, 0.1) is 0 Å². The number of azo groups is 1. The topological polar surface area (TPSA) is 84.1 Å². The molecule has 7 nitrogen and oxygen atoms in total. The molecule has 1 N–H and O–H groups in total. The maximum atomic E-state index is 5.22. The first-order valence-corrected chi connectivity index (χ1v) is 11.7. The molecule has 0 bridgehead atoms. The summed E-state index contributed by atoms with van der Waals surface area (Å²) in [5.74, 6) is 1.40. The summed E-state index contributed by atoms with van der Waals surface area (Å²) in [4.78, 5) is 9.34. The highest BCUT2D eigenvalue weighted by Crippen LogP contribution is 2.26. The van der Waals surface area contributed by atoms with Crippen molar-refractivity contribution in [1.82, 2.24) is 9.97 Å². The zero-order valence-electron chi connectivity index (χ0n) is 20.2. The van der Waals surface area contributed by atoms with Crippen LogP contribution < -0.4 is 10.2 Å². The van der Waals surface area contributed by atoms with Crippen molar-refractivity contribution in [1.29, 1.82) is 0 Å². The van der Waals surface area contributed by atoms with Crippen LogP contribution in [-0.4, -0.2) is 22.9 Å². The Morgan fingerprint density at radius 1 is 0.676 bits per heavy atom. The van der Waals surface area contributed by atoms with E-state index in [1.807, 2.05) is 121 Å². The molecule has 0 aliphatic rings. The minimum absolute atomic E-state index is 0.244. The summed E-state index contributed by atoms with van der Waals surface area (Å²) < 4.78 is 5.22. The molecule has 0 saturated heterocycles. The lowest BCUT2D eigenvalue weighted by atomic mass is 10.1. The van der Waals surface area contributed by atoms with Gasteiger partial charge in [-0.05, 0) is 30.3 Å². The summed E-state index contributed by atoms with van der Waals surface area (Å²) in [6.07, 6.45) is 0. The Bertz CT molecular complexity index is 1450. The number of aromatic nitrogens is 2. The van der Waals surface area contributed by atoms with Crippen LogP contribution in [0.3, 0.4) is 0 Å². The van der Waals surface area contributed by atoms with E-state index in [1.54, 1.807) is 7.11 Å². The molecule has 7 heteroatoms. The van der Waals surface area contributed by atoms with Crippen LogP contribution >= 0.6 is 0 Å². The van der Waals surface area contributed by atoms with Crippen molar-refractivity contribution in [2.45, 2.75) is 0 Å². The molecule has 0 spiro atoms. The van der Waals surface area contributed by atoms with E-state index < -0.39 is 0 Å². The molecule has 0 unspecified atom stereocenters. The normalized spacial score (nSPS) is 11.4. The van der Waals surface area contributed by atoms with Crippen molar-refractivity contribution in [3.8, 4) is 28.3 Å². The fourth-order valence-corrected chi connectivity index (χ4v) is 3.60. The standard InChI is InChI=1S/C30H24N6O/c1-37-26-19-17-25(18-20-26)33-34-29(24-15-9-4-10-16-24)35-36-30-31-27(22-11-5-2-6-12-22)21-28(32-30)23-13-7-3-8-14-23/h2-21,33H,1H3/b34-29-,36-35?. The van der Waals surface area contributed by atoms with Gasteiger partial charge in [0.25, 0.3) is 5.95 Å². The van der Waals surface area contributed by atoms with Crippen LogP contribution in [0.2, 0.25) is 0 Å². The Hall–Kier alpha value is -5.17. The van der Waals surface area contributed by atoms with Gasteiger partial charge < -0.3 is 4.74 Å². The number of hydrogen-bond donors (Lipinski definition) is 1. The second kappa shape index (κ2) is 11.5. The lowest BCUT2D eigenvalue weighted by Gasteiger charge is -2.07. The van der Waals surface area contributed by atoms with Crippen molar-refractivity contribution in [2.24, 2.45) is 15.3 Å². The van der Waals surface area contributed by atoms with E-state index in [9.17, 15) is 0 Å². The number of nitrogens with one attached hydrogen (secondary N) is 1. The molecule has 180 valence electrons. The Morgan fingerprint density at radius 3 is 1.76 bits per heavy atom. The summed E-state index contributed by atoms with van der Waals surface area (Å²) in [6.45, 7) is 0. The van der Waals surface area contributed by atoms with Gasteiger partial charge in [0.2, 0.25) is 5.84 Å². The number of hydrazone groups is 1. The fourth-order valence-electron chi connectivity index (χ4n) is 3.60. The first-order chi connectivity index (χ1) is 18.3. The summed E-state index contributed by atoms with van der Waals surface area (Å²) in [6, 6.07) is 38.9. The predicted octanol–water partition coefficient (Wildman–Crippen LogP) is 7.38. The van der Waals surface area contributed by atoms with E-state index in [0.29, 0.717) is 5.84 Å². The van der Waals surface area contributed by atoms with Gasteiger partial charge in [-0.3, -0.25) is 5.43 Å². The Morgan fingerprint density at radius 2 is 1.22 bits per heavy atom. The maximum absolute atomic E-state index is 5.22. The van der Waals surface area contributed by atoms with Crippen molar-refractivity contribution >= 4 is 17.5 Å². The highest BCUT2D eigenvalue weighted by atomic mass is 16.5. The Balaban J connectivity index is 1.51. The third kappa shape index (κ3) is 6.10.